The molecule has 0 bridgehead atoms. The van der Waals surface area contributed by atoms with Crippen molar-refractivity contribution in [2.45, 2.75) is 25.2 Å². The van der Waals surface area contributed by atoms with Gasteiger partial charge in [0, 0.05) is 30.3 Å². The van der Waals surface area contributed by atoms with Crippen molar-refractivity contribution in [2.24, 2.45) is 12.2 Å². The smallest absolute Gasteiger partial charge is 0.238 e. The van der Waals surface area contributed by atoms with E-state index in [1.165, 1.54) is 24.3 Å². The summed E-state index contributed by atoms with van der Waals surface area (Å²) in [5.74, 6) is -0.432. The van der Waals surface area contributed by atoms with E-state index in [1.54, 1.807) is 42.8 Å². The van der Waals surface area contributed by atoms with Crippen LogP contribution >= 0.6 is 0 Å². The van der Waals surface area contributed by atoms with Gasteiger partial charge in [-0.25, -0.2) is 17.9 Å². The molecule has 0 aliphatic carbocycles. The van der Waals surface area contributed by atoms with Crippen LogP contribution in [0, 0.1) is 12.7 Å². The lowest BCUT2D eigenvalue weighted by molar-refractivity contribution is 0.0981. The third kappa shape index (κ3) is 3.50. The maximum absolute atomic E-state index is 13.9. The van der Waals surface area contributed by atoms with Gasteiger partial charge in [-0.2, -0.15) is 0 Å². The first-order valence-electron chi connectivity index (χ1n) is 8.76. The molecule has 0 amide bonds. The molecule has 1 aromatic heterocycles. The highest BCUT2D eigenvalue weighted by molar-refractivity contribution is 7.89. The minimum Gasteiger partial charge on any atom is -0.344 e. The van der Waals surface area contributed by atoms with Crippen LogP contribution < -0.4 is 5.14 Å². The van der Waals surface area contributed by atoms with Gasteiger partial charge in [0.1, 0.15) is 5.82 Å². The van der Waals surface area contributed by atoms with Crippen molar-refractivity contribution in [1.29, 1.82) is 0 Å². The van der Waals surface area contributed by atoms with Gasteiger partial charge in [-0.3, -0.25) is 4.79 Å². The second-order valence-corrected chi connectivity index (χ2v) is 8.16. The zero-order valence-corrected chi connectivity index (χ0v) is 16.7. The highest BCUT2D eigenvalue weighted by Gasteiger charge is 2.25. The lowest BCUT2D eigenvalue weighted by atomic mass is 9.93. The molecule has 0 atom stereocenters. The van der Waals surface area contributed by atoms with Crippen molar-refractivity contribution in [2.75, 3.05) is 0 Å². The Morgan fingerprint density at radius 3 is 2.25 bits per heavy atom. The van der Waals surface area contributed by atoms with E-state index in [2.05, 4.69) is 0 Å². The van der Waals surface area contributed by atoms with Crippen LogP contribution in [-0.4, -0.2) is 18.8 Å². The van der Waals surface area contributed by atoms with Gasteiger partial charge in [-0.1, -0.05) is 31.2 Å². The Hall–Kier alpha value is -2.77. The van der Waals surface area contributed by atoms with Crippen LogP contribution in [0.5, 0.6) is 0 Å². The maximum Gasteiger partial charge on any atom is 0.238 e. The number of nitrogens with zero attached hydrogens (tertiary/aromatic N) is 1. The standard InChI is InChI=1S/C21H21FN2O3S/c1-4-18(25)21-20(14-8-10-17(11-9-14)28(23,26)27)19(13(2)24(21)3)15-6-5-7-16(22)12-15/h5-12H,4H2,1-3H3,(H2,23,26,27). The van der Waals surface area contributed by atoms with Gasteiger partial charge < -0.3 is 4.57 Å². The van der Waals surface area contributed by atoms with E-state index < -0.39 is 10.0 Å². The highest BCUT2D eigenvalue weighted by Crippen LogP contribution is 2.40. The molecule has 28 heavy (non-hydrogen) atoms. The quantitative estimate of drug-likeness (QED) is 0.656. The van der Waals surface area contributed by atoms with Crippen molar-refractivity contribution >= 4 is 15.8 Å². The van der Waals surface area contributed by atoms with Gasteiger partial charge in [0.25, 0.3) is 0 Å². The van der Waals surface area contributed by atoms with Crippen LogP contribution in [0.15, 0.2) is 53.4 Å². The van der Waals surface area contributed by atoms with E-state index in [-0.39, 0.29) is 16.5 Å². The third-order valence-corrected chi connectivity index (χ3v) is 5.79. The second-order valence-electron chi connectivity index (χ2n) is 6.60. The largest absolute Gasteiger partial charge is 0.344 e. The van der Waals surface area contributed by atoms with Crippen LogP contribution in [0.3, 0.4) is 0 Å². The van der Waals surface area contributed by atoms with Crippen LogP contribution in [-0.2, 0) is 17.1 Å². The van der Waals surface area contributed by atoms with Gasteiger partial charge in [0.15, 0.2) is 5.78 Å². The average Bonchev–Trinajstić information content (AvgIpc) is 2.92. The van der Waals surface area contributed by atoms with E-state index in [0.717, 1.165) is 11.3 Å². The minimum absolute atomic E-state index is 0.0143. The number of nitrogens with two attached hydrogens (primary N) is 1. The number of carbonyl (C=O) groups excluding carboxylic acids is 1. The highest BCUT2D eigenvalue weighted by atomic mass is 32.2. The van der Waals surface area contributed by atoms with E-state index >= 15 is 0 Å². The molecule has 0 aliphatic heterocycles. The van der Waals surface area contributed by atoms with Crippen LogP contribution in [0.25, 0.3) is 22.3 Å². The summed E-state index contributed by atoms with van der Waals surface area (Å²) in [6, 6.07) is 12.2. The summed E-state index contributed by atoms with van der Waals surface area (Å²) in [6.45, 7) is 3.65. The Kier molecular flexibility index (Phi) is 5.23. The topological polar surface area (TPSA) is 82.2 Å². The molecule has 0 spiro atoms. The lowest BCUT2D eigenvalue weighted by Gasteiger charge is -2.10. The summed E-state index contributed by atoms with van der Waals surface area (Å²) in [4.78, 5) is 12.7. The van der Waals surface area contributed by atoms with Gasteiger partial charge in [0.2, 0.25) is 10.0 Å². The van der Waals surface area contributed by atoms with Crippen molar-refractivity contribution in [1.82, 2.24) is 4.57 Å². The lowest BCUT2D eigenvalue weighted by Crippen LogP contribution is -2.11. The first-order chi connectivity index (χ1) is 13.1. The summed E-state index contributed by atoms with van der Waals surface area (Å²) >= 11 is 0. The maximum atomic E-state index is 13.9. The number of Topliss-reactive ketones (excluding diaryl/α,β-unsaturated/α-hetero) is 1. The first-order valence-corrected chi connectivity index (χ1v) is 10.3. The number of sulfonamides is 1. The number of carbonyl (C=O) groups is 1. The van der Waals surface area contributed by atoms with E-state index in [4.69, 9.17) is 5.14 Å². The summed E-state index contributed by atoms with van der Waals surface area (Å²) < 4.78 is 38.8. The summed E-state index contributed by atoms with van der Waals surface area (Å²) in [5.41, 5.74) is 4.01. The van der Waals surface area contributed by atoms with Crippen LogP contribution in [0.1, 0.15) is 29.5 Å². The van der Waals surface area contributed by atoms with Crippen molar-refractivity contribution in [3.8, 4) is 22.3 Å². The third-order valence-electron chi connectivity index (χ3n) is 4.86. The molecule has 0 fully saturated rings. The molecule has 3 rings (SSSR count). The van der Waals surface area contributed by atoms with E-state index in [9.17, 15) is 17.6 Å². The fourth-order valence-corrected chi connectivity index (χ4v) is 3.90. The Morgan fingerprint density at radius 2 is 1.71 bits per heavy atom. The van der Waals surface area contributed by atoms with Gasteiger partial charge in [-0.15, -0.1) is 0 Å². The van der Waals surface area contributed by atoms with Crippen LogP contribution in [0.2, 0.25) is 0 Å². The average molecular weight is 400 g/mol. The molecular formula is C21H21FN2O3S. The predicted molar refractivity (Wildman–Crippen MR) is 107 cm³/mol. The zero-order chi connectivity index (χ0) is 20.6. The molecule has 0 aliphatic rings. The monoisotopic (exact) mass is 400 g/mol. The Bertz CT molecular complexity index is 1160. The molecule has 3 aromatic rings. The van der Waals surface area contributed by atoms with Crippen LogP contribution in [0.4, 0.5) is 4.39 Å². The Balaban J connectivity index is 2.34. The van der Waals surface area contributed by atoms with Crippen molar-refractivity contribution in [3.05, 3.63) is 65.7 Å². The molecule has 1 heterocycles. The van der Waals surface area contributed by atoms with E-state index in [1.807, 2.05) is 6.92 Å². The first kappa shape index (κ1) is 20.0. The number of hydrogen-bond donors (Lipinski definition) is 1. The van der Waals surface area contributed by atoms with Gasteiger partial charge in [0.05, 0.1) is 10.6 Å². The predicted octanol–water partition coefficient (Wildman–Crippen LogP) is 4.05. The summed E-state index contributed by atoms with van der Waals surface area (Å²) in [6.07, 6.45) is 0.308. The van der Waals surface area contributed by atoms with Crippen molar-refractivity contribution < 1.29 is 17.6 Å². The van der Waals surface area contributed by atoms with Gasteiger partial charge >= 0.3 is 0 Å². The Morgan fingerprint density at radius 1 is 1.07 bits per heavy atom. The Labute approximate surface area is 163 Å². The number of aromatic nitrogens is 1. The molecule has 146 valence electrons. The molecule has 7 heteroatoms. The molecule has 2 aromatic carbocycles. The molecule has 0 unspecified atom stereocenters. The molecule has 0 radical (unpaired) electrons. The summed E-state index contributed by atoms with van der Waals surface area (Å²) in [5, 5.41) is 5.18. The fourth-order valence-electron chi connectivity index (χ4n) is 3.39. The number of hydrogen-bond acceptors (Lipinski definition) is 3. The number of benzene rings is 2. The SMILES string of the molecule is CCC(=O)c1c(-c2ccc(S(N)(=O)=O)cc2)c(-c2cccc(F)c2)c(C)n1C. The number of primary sulfonamides is 1. The molecule has 5 nitrogen and oxygen atoms in total. The number of ketones is 1. The number of rotatable bonds is 5. The normalized spacial score (nSPS) is 11.6. The molecular weight excluding hydrogens is 379 g/mol. The minimum atomic E-state index is -3.83. The second kappa shape index (κ2) is 7.33. The van der Waals surface area contributed by atoms with Crippen molar-refractivity contribution in [3.63, 3.8) is 0 Å². The zero-order valence-electron chi connectivity index (χ0n) is 15.9. The molecule has 2 N–H and O–H groups in total. The number of halogens is 1. The van der Waals surface area contributed by atoms with E-state index in [0.29, 0.717) is 28.8 Å². The summed E-state index contributed by atoms with van der Waals surface area (Å²) in [7, 11) is -2.03. The molecule has 0 saturated heterocycles. The van der Waals surface area contributed by atoms with Gasteiger partial charge in [-0.05, 0) is 42.3 Å². The molecule has 0 saturated carbocycles. The fraction of sp³-hybridized carbons (Fsp3) is 0.190.